The number of halogens is 1. The molecule has 0 saturated heterocycles. The monoisotopic (exact) mass is 255 g/mol. The van der Waals surface area contributed by atoms with Crippen molar-refractivity contribution in [2.45, 2.75) is 31.4 Å². The van der Waals surface area contributed by atoms with Crippen molar-refractivity contribution < 1.29 is 9.13 Å². The highest BCUT2D eigenvalue weighted by Gasteiger charge is 2.25. The summed E-state index contributed by atoms with van der Waals surface area (Å²) in [4.78, 5) is 0. The molecule has 2 nitrogen and oxygen atoms in total. The van der Waals surface area contributed by atoms with E-state index in [9.17, 15) is 4.39 Å². The molecule has 1 heterocycles. The number of hydrogen-bond donors (Lipinski definition) is 1. The number of nitrogens with two attached hydrogens (primary N) is 1. The molecule has 0 aromatic heterocycles. The van der Waals surface area contributed by atoms with Crippen molar-refractivity contribution in [2.75, 3.05) is 12.0 Å². The molecule has 4 heteroatoms. The summed E-state index contributed by atoms with van der Waals surface area (Å²) in [6.45, 7) is 0. The molecule has 0 bridgehead atoms. The van der Waals surface area contributed by atoms with Gasteiger partial charge in [-0.15, -0.1) is 0 Å². The summed E-state index contributed by atoms with van der Waals surface area (Å²) in [6, 6.07) is 4.49. The minimum absolute atomic E-state index is 0.103. The van der Waals surface area contributed by atoms with Crippen LogP contribution >= 0.6 is 11.8 Å². The maximum absolute atomic E-state index is 13.1. The van der Waals surface area contributed by atoms with Gasteiger partial charge in [0.15, 0.2) is 0 Å². The summed E-state index contributed by atoms with van der Waals surface area (Å²) >= 11 is 1.84. The molecule has 0 spiro atoms. The van der Waals surface area contributed by atoms with Crippen molar-refractivity contribution in [2.24, 2.45) is 5.73 Å². The van der Waals surface area contributed by atoms with Crippen LogP contribution in [0.25, 0.3) is 0 Å². The third kappa shape index (κ3) is 3.13. The van der Waals surface area contributed by atoms with E-state index >= 15 is 0 Å². The Morgan fingerprint density at radius 1 is 1.53 bits per heavy atom. The second kappa shape index (κ2) is 5.74. The molecule has 1 aliphatic rings. The molecular weight excluding hydrogens is 237 g/mol. The van der Waals surface area contributed by atoms with Gasteiger partial charge >= 0.3 is 0 Å². The molecular formula is C13H18FNOS. The highest BCUT2D eigenvalue weighted by molar-refractivity contribution is 7.98. The quantitative estimate of drug-likeness (QED) is 0.840. The smallest absolute Gasteiger partial charge is 0.124 e. The molecule has 1 aliphatic heterocycles. The Morgan fingerprint density at radius 3 is 3.12 bits per heavy atom. The number of ether oxygens (including phenoxy) is 1. The van der Waals surface area contributed by atoms with Crippen LogP contribution in [0.15, 0.2) is 18.2 Å². The van der Waals surface area contributed by atoms with Crippen molar-refractivity contribution in [3.8, 4) is 5.75 Å². The first-order valence-corrected chi connectivity index (χ1v) is 7.30. The number of thioether (sulfide) groups is 1. The van der Waals surface area contributed by atoms with Crippen molar-refractivity contribution in [1.29, 1.82) is 0 Å². The van der Waals surface area contributed by atoms with Gasteiger partial charge in [-0.25, -0.2) is 4.39 Å². The van der Waals surface area contributed by atoms with E-state index in [-0.39, 0.29) is 18.0 Å². The van der Waals surface area contributed by atoms with E-state index < -0.39 is 0 Å². The second-order valence-electron chi connectivity index (χ2n) is 4.40. The third-order valence-electron chi connectivity index (χ3n) is 3.06. The predicted octanol–water partition coefficient (Wildman–Crippen LogP) is 3.12. The fraction of sp³-hybridized carbons (Fsp3) is 0.538. The number of rotatable bonds is 4. The van der Waals surface area contributed by atoms with Gasteiger partial charge in [-0.1, -0.05) is 0 Å². The lowest BCUT2D eigenvalue weighted by Crippen LogP contribution is -2.29. The lowest BCUT2D eigenvalue weighted by Gasteiger charge is -2.30. The van der Waals surface area contributed by atoms with Gasteiger partial charge in [0.25, 0.3) is 0 Å². The van der Waals surface area contributed by atoms with E-state index in [4.69, 9.17) is 10.5 Å². The molecule has 0 aliphatic carbocycles. The van der Waals surface area contributed by atoms with Crippen LogP contribution in [0.5, 0.6) is 5.75 Å². The Labute approximate surface area is 106 Å². The first-order valence-electron chi connectivity index (χ1n) is 5.91. The number of fused-ring (bicyclic) bond motifs is 1. The van der Waals surface area contributed by atoms with Gasteiger partial charge in [0.05, 0.1) is 0 Å². The minimum atomic E-state index is -0.247. The largest absolute Gasteiger partial charge is 0.490 e. The van der Waals surface area contributed by atoms with Crippen LogP contribution in [0.2, 0.25) is 0 Å². The molecule has 17 heavy (non-hydrogen) atoms. The molecule has 2 atom stereocenters. The SMILES string of the molecule is CSCCCC1C[C@H](N)c2cc(F)ccc2O1. The molecule has 0 fully saturated rings. The number of benzene rings is 1. The summed E-state index contributed by atoms with van der Waals surface area (Å²) < 4.78 is 18.9. The fourth-order valence-electron chi connectivity index (χ4n) is 2.19. The van der Waals surface area contributed by atoms with Gasteiger partial charge in [0, 0.05) is 18.0 Å². The van der Waals surface area contributed by atoms with Gasteiger partial charge < -0.3 is 10.5 Å². The third-order valence-corrected chi connectivity index (χ3v) is 3.75. The van der Waals surface area contributed by atoms with Crippen molar-refractivity contribution in [1.82, 2.24) is 0 Å². The lowest BCUT2D eigenvalue weighted by molar-refractivity contribution is 0.149. The van der Waals surface area contributed by atoms with Crippen LogP contribution in [-0.2, 0) is 0 Å². The molecule has 0 saturated carbocycles. The average Bonchev–Trinajstić information content (AvgIpc) is 2.31. The summed E-state index contributed by atoms with van der Waals surface area (Å²) in [5.41, 5.74) is 6.86. The average molecular weight is 255 g/mol. The Balaban J connectivity index is 2.03. The zero-order chi connectivity index (χ0) is 12.3. The highest BCUT2D eigenvalue weighted by atomic mass is 32.2. The summed E-state index contributed by atoms with van der Waals surface area (Å²) in [7, 11) is 0. The molecule has 1 aromatic carbocycles. The second-order valence-corrected chi connectivity index (χ2v) is 5.38. The summed E-state index contributed by atoms with van der Waals surface area (Å²) in [6.07, 6.45) is 5.21. The maximum Gasteiger partial charge on any atom is 0.124 e. The standard InChI is InChI=1S/C13H18FNOS/c1-17-6-2-3-10-8-12(15)11-7-9(14)4-5-13(11)16-10/h4-5,7,10,12H,2-3,6,8,15H2,1H3/t10?,12-/m0/s1. The molecule has 0 radical (unpaired) electrons. The Bertz CT molecular complexity index is 386. The molecule has 1 unspecified atom stereocenters. The zero-order valence-electron chi connectivity index (χ0n) is 9.99. The lowest BCUT2D eigenvalue weighted by atomic mass is 9.95. The normalized spacial score (nSPS) is 23.0. The van der Waals surface area contributed by atoms with Crippen molar-refractivity contribution >= 4 is 11.8 Å². The summed E-state index contributed by atoms with van der Waals surface area (Å²) in [5.74, 6) is 1.65. The van der Waals surface area contributed by atoms with Gasteiger partial charge in [-0.2, -0.15) is 11.8 Å². The topological polar surface area (TPSA) is 35.2 Å². The van der Waals surface area contributed by atoms with E-state index in [0.717, 1.165) is 36.3 Å². The molecule has 94 valence electrons. The van der Waals surface area contributed by atoms with Crippen LogP contribution in [-0.4, -0.2) is 18.1 Å². The Kier molecular flexibility index (Phi) is 4.29. The van der Waals surface area contributed by atoms with Gasteiger partial charge in [0.2, 0.25) is 0 Å². The van der Waals surface area contributed by atoms with Gasteiger partial charge in [-0.05, 0) is 43.0 Å². The van der Waals surface area contributed by atoms with E-state index in [1.165, 1.54) is 12.1 Å². The van der Waals surface area contributed by atoms with Crippen LogP contribution < -0.4 is 10.5 Å². The molecule has 2 rings (SSSR count). The molecule has 1 aromatic rings. The number of hydrogen-bond acceptors (Lipinski definition) is 3. The zero-order valence-corrected chi connectivity index (χ0v) is 10.8. The van der Waals surface area contributed by atoms with Crippen LogP contribution in [0.3, 0.4) is 0 Å². The highest BCUT2D eigenvalue weighted by Crippen LogP contribution is 2.35. The molecule has 0 amide bonds. The van der Waals surface area contributed by atoms with Crippen LogP contribution in [0, 0.1) is 5.82 Å². The van der Waals surface area contributed by atoms with Gasteiger partial charge in [-0.3, -0.25) is 0 Å². The Hall–Kier alpha value is -0.740. The first kappa shape index (κ1) is 12.7. The van der Waals surface area contributed by atoms with E-state index in [1.54, 1.807) is 6.07 Å². The summed E-state index contributed by atoms with van der Waals surface area (Å²) in [5, 5.41) is 0. The molecule has 2 N–H and O–H groups in total. The first-order chi connectivity index (χ1) is 8.20. The minimum Gasteiger partial charge on any atom is -0.490 e. The Morgan fingerprint density at radius 2 is 2.35 bits per heavy atom. The maximum atomic E-state index is 13.1. The fourth-order valence-corrected chi connectivity index (χ4v) is 2.64. The van der Waals surface area contributed by atoms with E-state index in [0.29, 0.717) is 0 Å². The predicted molar refractivity (Wildman–Crippen MR) is 70.0 cm³/mol. The van der Waals surface area contributed by atoms with Gasteiger partial charge in [0.1, 0.15) is 17.7 Å². The van der Waals surface area contributed by atoms with Crippen molar-refractivity contribution in [3.63, 3.8) is 0 Å². The van der Waals surface area contributed by atoms with E-state index in [1.807, 2.05) is 11.8 Å². The van der Waals surface area contributed by atoms with Crippen LogP contribution in [0.4, 0.5) is 4.39 Å². The van der Waals surface area contributed by atoms with Crippen LogP contribution in [0.1, 0.15) is 30.9 Å². The van der Waals surface area contributed by atoms with E-state index in [2.05, 4.69) is 6.26 Å². The van der Waals surface area contributed by atoms with Crippen molar-refractivity contribution in [3.05, 3.63) is 29.6 Å².